The summed E-state index contributed by atoms with van der Waals surface area (Å²) in [4.78, 5) is -0.237. The maximum atomic E-state index is 12.3. The molecule has 0 amide bonds. The van der Waals surface area contributed by atoms with Crippen molar-refractivity contribution in [3.63, 3.8) is 0 Å². The van der Waals surface area contributed by atoms with Crippen LogP contribution < -0.4 is 0 Å². The molecule has 0 aromatic heterocycles. The summed E-state index contributed by atoms with van der Waals surface area (Å²) in [5, 5.41) is 48.5. The van der Waals surface area contributed by atoms with Crippen molar-refractivity contribution >= 4 is 10.1 Å². The lowest BCUT2D eigenvalue weighted by molar-refractivity contribution is -0.352. The second-order valence-electron chi connectivity index (χ2n) is 5.61. The fraction of sp³-hybridized carbons (Fsp3) is 0.571. The van der Waals surface area contributed by atoms with Gasteiger partial charge in [0.25, 0.3) is 10.1 Å². The largest absolute Gasteiger partial charge is 0.394 e. The van der Waals surface area contributed by atoms with Crippen LogP contribution in [-0.2, 0) is 19.0 Å². The zero-order chi connectivity index (χ0) is 18.1. The van der Waals surface area contributed by atoms with Crippen molar-refractivity contribution in [2.24, 2.45) is 0 Å². The zero-order valence-corrected chi connectivity index (χ0v) is 13.6. The fourth-order valence-corrected chi connectivity index (χ4v) is 3.48. The van der Waals surface area contributed by atoms with Gasteiger partial charge in [-0.05, 0) is 19.1 Å². The molecule has 5 unspecified atom stereocenters. The molecule has 24 heavy (non-hydrogen) atoms. The number of benzene rings is 1. The van der Waals surface area contributed by atoms with Gasteiger partial charge >= 0.3 is 0 Å². The van der Waals surface area contributed by atoms with Gasteiger partial charge in [-0.15, -0.1) is 0 Å². The predicted molar refractivity (Wildman–Crippen MR) is 79.2 cm³/mol. The van der Waals surface area contributed by atoms with Gasteiger partial charge in [0.2, 0.25) is 5.79 Å². The first kappa shape index (κ1) is 19.2. The van der Waals surface area contributed by atoms with Crippen molar-refractivity contribution in [1.82, 2.24) is 0 Å². The summed E-state index contributed by atoms with van der Waals surface area (Å²) in [7, 11) is -4.42. The third-order valence-corrected chi connectivity index (χ3v) is 5.10. The van der Waals surface area contributed by atoms with Crippen LogP contribution in [0.3, 0.4) is 0 Å². The quantitative estimate of drug-likeness (QED) is 0.368. The van der Waals surface area contributed by atoms with Crippen LogP contribution in [0.4, 0.5) is 0 Å². The van der Waals surface area contributed by atoms with E-state index < -0.39 is 53.5 Å². The number of aliphatic hydroxyl groups is 5. The van der Waals surface area contributed by atoms with E-state index in [0.29, 0.717) is 0 Å². The van der Waals surface area contributed by atoms with Gasteiger partial charge in [0.05, 0.1) is 18.1 Å². The van der Waals surface area contributed by atoms with Crippen LogP contribution in [0.5, 0.6) is 0 Å². The van der Waals surface area contributed by atoms with Gasteiger partial charge in [0, 0.05) is 0 Å². The molecule has 0 radical (unpaired) electrons. The van der Waals surface area contributed by atoms with Gasteiger partial charge in [0.1, 0.15) is 18.3 Å². The molecule has 1 aliphatic rings. The lowest BCUT2D eigenvalue weighted by Crippen LogP contribution is -2.67. The van der Waals surface area contributed by atoms with Crippen molar-refractivity contribution in [2.45, 2.75) is 42.0 Å². The maximum absolute atomic E-state index is 12.3. The van der Waals surface area contributed by atoms with Crippen molar-refractivity contribution in [3.05, 3.63) is 29.8 Å². The molecular formula is C14H20O9S. The van der Waals surface area contributed by atoms with Crippen LogP contribution in [0.1, 0.15) is 5.56 Å². The van der Waals surface area contributed by atoms with Crippen molar-refractivity contribution in [1.29, 1.82) is 0 Å². The second kappa shape index (κ2) is 7.02. The highest BCUT2D eigenvalue weighted by Crippen LogP contribution is 2.32. The van der Waals surface area contributed by atoms with Gasteiger partial charge in [-0.2, -0.15) is 8.42 Å². The van der Waals surface area contributed by atoms with E-state index in [9.17, 15) is 28.8 Å². The topological polar surface area (TPSA) is 154 Å². The summed E-state index contributed by atoms with van der Waals surface area (Å²) in [6, 6.07) is 5.59. The summed E-state index contributed by atoms with van der Waals surface area (Å²) in [5.74, 6) is -2.62. The molecule has 5 atom stereocenters. The first-order valence-electron chi connectivity index (χ1n) is 7.12. The first-order valence-corrected chi connectivity index (χ1v) is 8.53. The average Bonchev–Trinajstić information content (AvgIpc) is 2.55. The Morgan fingerprint density at radius 1 is 1.17 bits per heavy atom. The number of ether oxygens (including phenoxy) is 1. The van der Waals surface area contributed by atoms with E-state index >= 15 is 0 Å². The van der Waals surface area contributed by atoms with Crippen LogP contribution in [-0.4, -0.2) is 77.4 Å². The molecule has 1 heterocycles. The molecule has 0 saturated carbocycles. The molecule has 1 aromatic carbocycles. The molecule has 9 nitrogen and oxygen atoms in total. The second-order valence-corrected chi connectivity index (χ2v) is 7.18. The monoisotopic (exact) mass is 364 g/mol. The molecule has 1 aliphatic heterocycles. The Morgan fingerprint density at radius 3 is 2.25 bits per heavy atom. The normalized spacial score (nSPS) is 34.2. The Balaban J connectivity index is 2.33. The molecule has 10 heteroatoms. The molecule has 0 aliphatic carbocycles. The van der Waals surface area contributed by atoms with Gasteiger partial charge in [-0.1, -0.05) is 17.7 Å². The molecule has 1 aromatic rings. The minimum Gasteiger partial charge on any atom is -0.394 e. The number of rotatable bonds is 5. The summed E-state index contributed by atoms with van der Waals surface area (Å²) in [6.45, 7) is -0.134. The van der Waals surface area contributed by atoms with Crippen LogP contribution in [0.15, 0.2) is 29.2 Å². The molecule has 1 saturated heterocycles. The lowest BCUT2D eigenvalue weighted by Gasteiger charge is -2.45. The molecular weight excluding hydrogens is 344 g/mol. The minimum absolute atomic E-state index is 0.237. The predicted octanol–water partition coefficient (Wildman–Crippen LogP) is -2.14. The van der Waals surface area contributed by atoms with E-state index in [0.717, 1.165) is 5.56 Å². The summed E-state index contributed by atoms with van der Waals surface area (Å²) in [6.07, 6.45) is -7.06. The van der Waals surface area contributed by atoms with Crippen molar-refractivity contribution < 1.29 is 42.9 Å². The van der Waals surface area contributed by atoms with Gasteiger partial charge in [-0.25, -0.2) is 0 Å². The van der Waals surface area contributed by atoms with Gasteiger partial charge < -0.3 is 30.3 Å². The Kier molecular flexibility index (Phi) is 5.62. The first-order chi connectivity index (χ1) is 11.1. The van der Waals surface area contributed by atoms with Gasteiger partial charge in [-0.3, -0.25) is 4.18 Å². The smallest absolute Gasteiger partial charge is 0.297 e. The average molecular weight is 364 g/mol. The Hall–Kier alpha value is -1.11. The highest BCUT2D eigenvalue weighted by molar-refractivity contribution is 7.86. The Bertz CT molecular complexity index is 659. The molecule has 5 N–H and O–H groups in total. The number of hydrogen-bond donors (Lipinski definition) is 5. The third-order valence-electron chi connectivity index (χ3n) is 3.79. The molecule has 0 bridgehead atoms. The van der Waals surface area contributed by atoms with E-state index in [4.69, 9.17) is 14.0 Å². The van der Waals surface area contributed by atoms with Crippen molar-refractivity contribution in [3.8, 4) is 0 Å². The molecule has 136 valence electrons. The van der Waals surface area contributed by atoms with Crippen LogP contribution in [0, 0.1) is 6.92 Å². The van der Waals surface area contributed by atoms with Gasteiger partial charge in [0.15, 0.2) is 6.10 Å². The zero-order valence-electron chi connectivity index (χ0n) is 12.8. The SMILES string of the molecule is Cc1ccc(S(=O)(=O)OC2C(O)C(O)C(CO)OC2(O)CO)cc1. The van der Waals surface area contributed by atoms with Crippen LogP contribution >= 0.6 is 0 Å². The van der Waals surface area contributed by atoms with E-state index in [1.54, 1.807) is 6.92 Å². The summed E-state index contributed by atoms with van der Waals surface area (Å²) >= 11 is 0. The highest BCUT2D eigenvalue weighted by Gasteiger charge is 2.55. The number of aryl methyl sites for hydroxylation is 1. The van der Waals surface area contributed by atoms with E-state index in [2.05, 4.69) is 0 Å². The van der Waals surface area contributed by atoms with Crippen molar-refractivity contribution in [2.75, 3.05) is 13.2 Å². The summed E-state index contributed by atoms with van der Waals surface area (Å²) in [5.41, 5.74) is 0.808. The van der Waals surface area contributed by atoms with E-state index in [-0.39, 0.29) is 4.90 Å². The third kappa shape index (κ3) is 3.60. The molecule has 0 spiro atoms. The Morgan fingerprint density at radius 2 is 1.75 bits per heavy atom. The maximum Gasteiger partial charge on any atom is 0.297 e. The minimum atomic E-state index is -4.42. The number of aliphatic hydroxyl groups excluding tert-OH is 4. The van der Waals surface area contributed by atoms with E-state index in [1.165, 1.54) is 24.3 Å². The summed E-state index contributed by atoms with van der Waals surface area (Å²) < 4.78 is 34.4. The Labute approximate surface area is 138 Å². The highest BCUT2D eigenvalue weighted by atomic mass is 32.2. The fourth-order valence-electron chi connectivity index (χ4n) is 2.37. The standard InChI is InChI=1S/C14H20O9S/c1-8-2-4-9(5-3-8)24(20,21)23-13-12(18)11(17)10(6-15)22-14(13,19)7-16/h2-5,10-13,15-19H,6-7H2,1H3. The molecule has 1 fully saturated rings. The number of hydrogen-bond acceptors (Lipinski definition) is 9. The van der Waals surface area contributed by atoms with Crippen LogP contribution in [0.25, 0.3) is 0 Å². The van der Waals surface area contributed by atoms with E-state index in [1.807, 2.05) is 0 Å². The van der Waals surface area contributed by atoms with Crippen LogP contribution in [0.2, 0.25) is 0 Å². The lowest BCUT2D eigenvalue weighted by atomic mass is 9.93. The molecule has 2 rings (SSSR count).